The number of aromatic nitrogens is 2. The quantitative estimate of drug-likeness (QED) is 0.846. The second kappa shape index (κ2) is 5.88. The molecule has 0 unspecified atom stereocenters. The first kappa shape index (κ1) is 14.7. The summed E-state index contributed by atoms with van der Waals surface area (Å²) in [6.45, 7) is 3.29. The van der Waals surface area contributed by atoms with Crippen molar-refractivity contribution in [1.29, 1.82) is 0 Å². The van der Waals surface area contributed by atoms with Gasteiger partial charge in [0.15, 0.2) is 0 Å². The minimum atomic E-state index is -0.264. The van der Waals surface area contributed by atoms with Gasteiger partial charge in [0.05, 0.1) is 11.9 Å². The number of benzene rings is 1. The van der Waals surface area contributed by atoms with Gasteiger partial charge in [-0.3, -0.25) is 4.79 Å². The van der Waals surface area contributed by atoms with Gasteiger partial charge in [0.2, 0.25) is 0 Å². The van der Waals surface area contributed by atoms with E-state index in [1.54, 1.807) is 13.2 Å². The lowest BCUT2D eigenvalue weighted by Crippen LogP contribution is -2.47. The van der Waals surface area contributed by atoms with Crippen molar-refractivity contribution in [2.45, 2.75) is 0 Å². The fourth-order valence-corrected chi connectivity index (χ4v) is 2.90. The summed E-state index contributed by atoms with van der Waals surface area (Å²) in [5.41, 5.74) is 8.08. The van der Waals surface area contributed by atoms with Crippen molar-refractivity contribution in [3.05, 3.63) is 45.8 Å². The number of piperazine rings is 1. The van der Waals surface area contributed by atoms with E-state index in [1.165, 1.54) is 4.68 Å². The van der Waals surface area contributed by atoms with E-state index in [4.69, 9.17) is 17.3 Å². The number of aryl methyl sites for hydroxylation is 1. The lowest BCUT2D eigenvalue weighted by atomic mass is 10.2. The lowest BCUT2D eigenvalue weighted by molar-refractivity contribution is 0.643. The molecule has 6 nitrogen and oxygen atoms in total. The molecule has 0 amide bonds. The monoisotopic (exact) mass is 319 g/mol. The summed E-state index contributed by atoms with van der Waals surface area (Å²) in [4.78, 5) is 16.3. The first-order valence-electron chi connectivity index (χ1n) is 7.13. The molecule has 116 valence electrons. The SMILES string of the molecule is Cn1ncc(N2CCN(c3ccc(N)cc3)CC2)c(Cl)c1=O. The normalized spacial score (nSPS) is 15.2. The predicted molar refractivity (Wildman–Crippen MR) is 89.8 cm³/mol. The van der Waals surface area contributed by atoms with Crippen LogP contribution in [-0.2, 0) is 7.05 Å². The Morgan fingerprint density at radius 2 is 1.68 bits per heavy atom. The minimum absolute atomic E-state index is 0.235. The molecule has 1 aromatic heterocycles. The van der Waals surface area contributed by atoms with Crippen molar-refractivity contribution in [1.82, 2.24) is 9.78 Å². The van der Waals surface area contributed by atoms with Gasteiger partial charge >= 0.3 is 0 Å². The topological polar surface area (TPSA) is 67.4 Å². The highest BCUT2D eigenvalue weighted by Crippen LogP contribution is 2.24. The van der Waals surface area contributed by atoms with Crippen LogP contribution in [0.1, 0.15) is 0 Å². The molecule has 0 saturated carbocycles. The van der Waals surface area contributed by atoms with Gasteiger partial charge in [-0.2, -0.15) is 5.10 Å². The third kappa shape index (κ3) is 2.74. The van der Waals surface area contributed by atoms with Gasteiger partial charge in [-0.15, -0.1) is 0 Å². The summed E-state index contributed by atoms with van der Waals surface area (Å²) < 4.78 is 1.25. The average molecular weight is 320 g/mol. The highest BCUT2D eigenvalue weighted by atomic mass is 35.5. The van der Waals surface area contributed by atoms with Crippen LogP contribution in [0.15, 0.2) is 35.3 Å². The van der Waals surface area contributed by atoms with Crippen LogP contribution in [0.25, 0.3) is 0 Å². The number of nitrogens with two attached hydrogens (primary N) is 1. The molecule has 0 radical (unpaired) electrons. The van der Waals surface area contributed by atoms with Crippen LogP contribution in [0.2, 0.25) is 5.02 Å². The molecule has 1 aliphatic heterocycles. The number of hydrogen-bond donors (Lipinski definition) is 1. The van der Waals surface area contributed by atoms with E-state index in [9.17, 15) is 4.79 Å². The molecule has 2 N–H and O–H groups in total. The molecule has 0 aliphatic carbocycles. The Balaban J connectivity index is 1.73. The number of hydrogen-bond acceptors (Lipinski definition) is 5. The smallest absolute Gasteiger partial charge is 0.287 e. The molecule has 22 heavy (non-hydrogen) atoms. The van der Waals surface area contributed by atoms with Gasteiger partial charge < -0.3 is 15.5 Å². The van der Waals surface area contributed by atoms with E-state index in [1.807, 2.05) is 24.3 Å². The van der Waals surface area contributed by atoms with Gasteiger partial charge in [-0.05, 0) is 24.3 Å². The second-order valence-electron chi connectivity index (χ2n) is 5.34. The first-order valence-corrected chi connectivity index (χ1v) is 7.51. The Morgan fingerprint density at radius 1 is 1.09 bits per heavy atom. The van der Waals surface area contributed by atoms with Crippen molar-refractivity contribution < 1.29 is 0 Å². The molecule has 1 aliphatic rings. The second-order valence-corrected chi connectivity index (χ2v) is 5.72. The van der Waals surface area contributed by atoms with Gasteiger partial charge in [-0.1, -0.05) is 11.6 Å². The molecule has 1 saturated heterocycles. The van der Waals surface area contributed by atoms with Crippen LogP contribution in [-0.4, -0.2) is 36.0 Å². The molecule has 1 aromatic carbocycles. The molecule has 7 heteroatoms. The third-order valence-electron chi connectivity index (χ3n) is 3.94. The van der Waals surface area contributed by atoms with Crippen molar-refractivity contribution in [2.24, 2.45) is 7.05 Å². The van der Waals surface area contributed by atoms with E-state index >= 15 is 0 Å². The Morgan fingerprint density at radius 3 is 2.32 bits per heavy atom. The third-order valence-corrected chi connectivity index (χ3v) is 4.29. The Bertz CT molecular complexity index is 720. The van der Waals surface area contributed by atoms with Gasteiger partial charge in [-0.25, -0.2) is 4.68 Å². The molecule has 0 atom stereocenters. The fourth-order valence-electron chi connectivity index (χ4n) is 2.61. The summed E-state index contributed by atoms with van der Waals surface area (Å²) in [5, 5.41) is 4.29. The van der Waals surface area contributed by atoms with E-state index in [2.05, 4.69) is 14.9 Å². The number of nitrogens with zero attached hydrogens (tertiary/aromatic N) is 4. The molecule has 1 fully saturated rings. The van der Waals surface area contributed by atoms with E-state index < -0.39 is 0 Å². The predicted octanol–water partition coefficient (Wildman–Crippen LogP) is 1.34. The number of nitrogen functional groups attached to an aromatic ring is 1. The van der Waals surface area contributed by atoms with Crippen LogP contribution in [0, 0.1) is 0 Å². The zero-order valence-electron chi connectivity index (χ0n) is 12.4. The van der Waals surface area contributed by atoms with Gasteiger partial charge in [0.25, 0.3) is 5.56 Å². The zero-order chi connectivity index (χ0) is 15.7. The van der Waals surface area contributed by atoms with Crippen LogP contribution >= 0.6 is 11.6 Å². The maximum Gasteiger partial charge on any atom is 0.287 e. The van der Waals surface area contributed by atoms with Gasteiger partial charge in [0, 0.05) is 44.6 Å². The van der Waals surface area contributed by atoms with Crippen LogP contribution in [0.4, 0.5) is 17.1 Å². The maximum atomic E-state index is 11.9. The molecule has 0 spiro atoms. The summed E-state index contributed by atoms with van der Waals surface area (Å²) in [7, 11) is 1.59. The number of rotatable bonds is 2. The van der Waals surface area contributed by atoms with E-state index in [-0.39, 0.29) is 10.6 Å². The Hall–Kier alpha value is -2.21. The van der Waals surface area contributed by atoms with Crippen LogP contribution < -0.4 is 21.1 Å². The zero-order valence-corrected chi connectivity index (χ0v) is 13.1. The fraction of sp³-hybridized carbons (Fsp3) is 0.333. The van der Waals surface area contributed by atoms with Crippen LogP contribution in [0.3, 0.4) is 0 Å². The summed E-state index contributed by atoms with van der Waals surface area (Å²) in [6.07, 6.45) is 1.66. The molecular weight excluding hydrogens is 302 g/mol. The minimum Gasteiger partial charge on any atom is -0.399 e. The largest absolute Gasteiger partial charge is 0.399 e. The Kier molecular flexibility index (Phi) is 3.94. The van der Waals surface area contributed by atoms with Crippen molar-refractivity contribution in [3.8, 4) is 0 Å². The number of anilines is 3. The molecule has 2 heterocycles. The molecule has 0 bridgehead atoms. The van der Waals surface area contributed by atoms with E-state index in [0.717, 1.165) is 37.6 Å². The summed E-state index contributed by atoms with van der Waals surface area (Å²) >= 11 is 6.16. The number of halogens is 1. The molecule has 3 rings (SSSR count). The maximum absolute atomic E-state index is 11.9. The average Bonchev–Trinajstić information content (AvgIpc) is 2.54. The molecular formula is C15H18ClN5O. The first-order chi connectivity index (χ1) is 10.6. The summed E-state index contributed by atoms with van der Waals surface area (Å²) in [6, 6.07) is 7.86. The van der Waals surface area contributed by atoms with Crippen molar-refractivity contribution in [2.75, 3.05) is 41.7 Å². The lowest BCUT2D eigenvalue weighted by Gasteiger charge is -2.37. The Labute approximate surface area is 133 Å². The highest BCUT2D eigenvalue weighted by molar-refractivity contribution is 6.33. The van der Waals surface area contributed by atoms with Crippen molar-refractivity contribution in [3.63, 3.8) is 0 Å². The summed E-state index contributed by atoms with van der Waals surface area (Å²) in [5.74, 6) is 0. The highest BCUT2D eigenvalue weighted by Gasteiger charge is 2.21. The standard InChI is InChI=1S/C15H18ClN5O/c1-19-15(22)14(16)13(10-18-19)21-8-6-20(7-9-21)12-4-2-11(17)3-5-12/h2-5,10H,6-9,17H2,1H3. The van der Waals surface area contributed by atoms with Crippen LogP contribution in [0.5, 0.6) is 0 Å². The molecule has 2 aromatic rings. The van der Waals surface area contributed by atoms with E-state index in [0.29, 0.717) is 5.69 Å². The van der Waals surface area contributed by atoms with Crippen molar-refractivity contribution >= 4 is 28.7 Å². The van der Waals surface area contributed by atoms with Gasteiger partial charge in [0.1, 0.15) is 5.02 Å².